The first kappa shape index (κ1) is 31.7. The van der Waals surface area contributed by atoms with Crippen LogP contribution in [0, 0.1) is 12.8 Å². The number of carbonyl (C=O) groups excluding carboxylic acids is 2. The van der Waals surface area contributed by atoms with Gasteiger partial charge in [0.1, 0.15) is 5.75 Å². The van der Waals surface area contributed by atoms with E-state index in [0.717, 1.165) is 55.1 Å². The van der Waals surface area contributed by atoms with Gasteiger partial charge in [0.25, 0.3) is 5.91 Å². The Morgan fingerprint density at radius 1 is 1.12 bits per heavy atom. The van der Waals surface area contributed by atoms with Crippen LogP contribution in [-0.4, -0.2) is 61.0 Å². The second-order valence-electron chi connectivity index (χ2n) is 10.1. The number of ketones is 1. The van der Waals surface area contributed by atoms with Crippen molar-refractivity contribution in [2.45, 2.75) is 65.8 Å². The predicted octanol–water partition coefficient (Wildman–Crippen LogP) is 6.04. The van der Waals surface area contributed by atoms with Gasteiger partial charge < -0.3 is 14.8 Å². The summed E-state index contributed by atoms with van der Waals surface area (Å²) in [6.45, 7) is 7.86. The van der Waals surface area contributed by atoms with Crippen molar-refractivity contribution in [2.75, 3.05) is 27.3 Å². The van der Waals surface area contributed by atoms with Crippen LogP contribution in [0.15, 0.2) is 52.6 Å². The molecular weight excluding hydrogens is 518 g/mol. The summed E-state index contributed by atoms with van der Waals surface area (Å²) >= 11 is 0. The van der Waals surface area contributed by atoms with Crippen LogP contribution in [0.4, 0.5) is 0 Å². The number of hydrogen-bond donors (Lipinski definition) is 1. The number of aliphatic imine (C=N–C) groups is 2. The zero-order valence-electron chi connectivity index (χ0n) is 25.0. The monoisotopic (exact) mass is 561 g/mol. The summed E-state index contributed by atoms with van der Waals surface area (Å²) in [7, 11) is 3.24. The molecule has 0 saturated carbocycles. The van der Waals surface area contributed by atoms with Crippen LogP contribution in [0.5, 0.6) is 5.75 Å². The lowest BCUT2D eigenvalue weighted by Crippen LogP contribution is -2.27. The number of aryl methyl sites for hydroxylation is 1. The lowest BCUT2D eigenvalue weighted by molar-refractivity contribution is 0.0935. The van der Waals surface area contributed by atoms with E-state index in [0.29, 0.717) is 42.4 Å². The maximum absolute atomic E-state index is 12.9. The Kier molecular flexibility index (Phi) is 12.7. The van der Waals surface area contributed by atoms with Gasteiger partial charge in [-0.05, 0) is 80.5 Å². The average Bonchev–Trinajstić information content (AvgIpc) is 3.39. The fraction of sp³-hybridized carbons (Fsp3) is 0.469. The van der Waals surface area contributed by atoms with Crippen LogP contribution >= 0.6 is 0 Å². The SMILES string of the molecule is CC/C=N\C(=NC)Oc1ccc(C(=O)CCCC(CCC)Cn2cc3c(C)c(C(=O)NCCOC)ccc3n2)cc1. The van der Waals surface area contributed by atoms with Gasteiger partial charge in [0.05, 0.1) is 12.1 Å². The molecule has 1 N–H and O–H groups in total. The highest BCUT2D eigenvalue weighted by Gasteiger charge is 2.16. The minimum atomic E-state index is -0.106. The van der Waals surface area contributed by atoms with Crippen LogP contribution in [0.3, 0.4) is 0 Å². The molecule has 0 aliphatic rings. The maximum atomic E-state index is 12.9. The van der Waals surface area contributed by atoms with E-state index < -0.39 is 0 Å². The third-order valence-electron chi connectivity index (χ3n) is 6.96. The number of Topliss-reactive ketones (excluding diaryl/α,β-unsaturated/α-hetero) is 1. The summed E-state index contributed by atoms with van der Waals surface area (Å²) < 4.78 is 12.7. The van der Waals surface area contributed by atoms with Crippen molar-refractivity contribution in [1.82, 2.24) is 15.1 Å². The third-order valence-corrected chi connectivity index (χ3v) is 6.96. The molecule has 0 saturated heterocycles. The number of rotatable bonds is 15. The molecule has 0 bridgehead atoms. The van der Waals surface area contributed by atoms with Gasteiger partial charge >= 0.3 is 6.02 Å². The van der Waals surface area contributed by atoms with Crippen LogP contribution < -0.4 is 10.1 Å². The van der Waals surface area contributed by atoms with Gasteiger partial charge in [-0.25, -0.2) is 9.98 Å². The van der Waals surface area contributed by atoms with E-state index in [-0.39, 0.29) is 17.7 Å². The number of carbonyl (C=O) groups is 2. The van der Waals surface area contributed by atoms with Crippen LogP contribution in [0.1, 0.15) is 78.7 Å². The molecule has 3 aromatic rings. The molecule has 0 aliphatic carbocycles. The predicted molar refractivity (Wildman–Crippen MR) is 164 cm³/mol. The first-order valence-electron chi connectivity index (χ1n) is 14.4. The van der Waals surface area contributed by atoms with Crippen molar-refractivity contribution in [3.63, 3.8) is 0 Å². The molecule has 0 spiro atoms. The molecule has 1 atom stereocenters. The summed E-state index contributed by atoms with van der Waals surface area (Å²) in [5, 5.41) is 8.66. The number of methoxy groups -OCH3 is 1. The summed E-state index contributed by atoms with van der Waals surface area (Å²) in [5.74, 6) is 1.02. The summed E-state index contributed by atoms with van der Waals surface area (Å²) in [5.41, 5.74) is 3.13. The van der Waals surface area contributed by atoms with Gasteiger partial charge in [0, 0.05) is 62.6 Å². The Bertz CT molecular complexity index is 1340. The summed E-state index contributed by atoms with van der Waals surface area (Å²) in [6, 6.07) is 11.2. The average molecular weight is 562 g/mol. The van der Waals surface area contributed by atoms with E-state index in [2.05, 4.69) is 22.2 Å². The fourth-order valence-electron chi connectivity index (χ4n) is 4.79. The van der Waals surface area contributed by atoms with E-state index in [1.807, 2.05) is 36.9 Å². The van der Waals surface area contributed by atoms with Gasteiger partial charge in [0.2, 0.25) is 0 Å². The molecule has 0 fully saturated rings. The van der Waals surface area contributed by atoms with Crippen molar-refractivity contribution in [1.29, 1.82) is 0 Å². The fourth-order valence-corrected chi connectivity index (χ4v) is 4.79. The number of hydrogen-bond acceptors (Lipinski definition) is 6. The van der Waals surface area contributed by atoms with Gasteiger partial charge in [-0.1, -0.05) is 20.3 Å². The number of ether oxygens (including phenoxy) is 2. The Hall–Kier alpha value is -3.85. The van der Waals surface area contributed by atoms with Gasteiger partial charge in [-0.15, -0.1) is 0 Å². The number of aromatic nitrogens is 2. The highest BCUT2D eigenvalue weighted by atomic mass is 16.5. The molecule has 1 aromatic heterocycles. The molecule has 3 rings (SSSR count). The molecule has 0 radical (unpaired) electrons. The molecule has 1 unspecified atom stereocenters. The first-order valence-corrected chi connectivity index (χ1v) is 14.4. The topological polar surface area (TPSA) is 107 Å². The molecule has 9 heteroatoms. The number of fused-ring (bicyclic) bond motifs is 1. The Morgan fingerprint density at radius 2 is 1.90 bits per heavy atom. The molecule has 0 aliphatic heterocycles. The number of amides is 1. The van der Waals surface area contributed by atoms with Crippen molar-refractivity contribution >= 4 is 34.8 Å². The second-order valence-corrected chi connectivity index (χ2v) is 10.1. The van der Waals surface area contributed by atoms with E-state index in [1.165, 1.54) is 0 Å². The van der Waals surface area contributed by atoms with Crippen molar-refractivity contribution in [3.8, 4) is 5.75 Å². The highest BCUT2D eigenvalue weighted by molar-refractivity contribution is 6.00. The Morgan fingerprint density at radius 3 is 2.59 bits per heavy atom. The molecule has 2 aromatic carbocycles. The zero-order chi connectivity index (χ0) is 29.6. The lowest BCUT2D eigenvalue weighted by Gasteiger charge is -2.16. The number of amidine groups is 1. The number of benzene rings is 2. The van der Waals surface area contributed by atoms with Gasteiger partial charge in [0.15, 0.2) is 5.78 Å². The number of nitrogens with zero attached hydrogens (tertiary/aromatic N) is 4. The summed E-state index contributed by atoms with van der Waals surface area (Å²) in [6.07, 6.45) is 8.94. The first-order chi connectivity index (χ1) is 19.9. The van der Waals surface area contributed by atoms with Crippen molar-refractivity contribution < 1.29 is 19.1 Å². The van der Waals surface area contributed by atoms with Crippen LogP contribution in [-0.2, 0) is 11.3 Å². The molecule has 9 nitrogen and oxygen atoms in total. The third kappa shape index (κ3) is 9.35. The quantitative estimate of drug-likeness (QED) is 0.105. The van der Waals surface area contributed by atoms with Crippen molar-refractivity contribution in [3.05, 3.63) is 59.3 Å². The van der Waals surface area contributed by atoms with E-state index >= 15 is 0 Å². The maximum Gasteiger partial charge on any atom is 0.316 e. The Balaban J connectivity index is 1.57. The van der Waals surface area contributed by atoms with Crippen molar-refractivity contribution in [2.24, 2.45) is 15.9 Å². The van der Waals surface area contributed by atoms with Crippen LogP contribution in [0.25, 0.3) is 10.9 Å². The van der Waals surface area contributed by atoms with Gasteiger partial charge in [-0.2, -0.15) is 5.10 Å². The minimum Gasteiger partial charge on any atom is -0.425 e. The van der Waals surface area contributed by atoms with Gasteiger partial charge in [-0.3, -0.25) is 14.3 Å². The minimum absolute atomic E-state index is 0.106. The number of nitrogens with one attached hydrogen (secondary N) is 1. The van der Waals surface area contributed by atoms with E-state index in [4.69, 9.17) is 14.6 Å². The molecule has 1 amide bonds. The van der Waals surface area contributed by atoms with Crippen LogP contribution in [0.2, 0.25) is 0 Å². The largest absolute Gasteiger partial charge is 0.425 e. The lowest BCUT2D eigenvalue weighted by atomic mass is 9.95. The standard InChI is InChI=1S/C32H43N5O4/c1-6-9-24(10-8-11-30(38)25-12-14-26(15-13-25)41-32(33-4)35-18-7-2)21-37-22-28-23(3)27(16-17-29(28)36-37)31(39)34-19-20-40-5/h12-18,22,24H,6-11,19-21H2,1-5H3,(H,34,39)/b33-32?,35-18-. The zero-order valence-corrected chi connectivity index (χ0v) is 25.0. The molecular formula is C32H43N5O4. The normalized spacial score (nSPS) is 12.7. The smallest absolute Gasteiger partial charge is 0.316 e. The van der Waals surface area contributed by atoms with E-state index in [9.17, 15) is 9.59 Å². The molecule has 220 valence electrons. The highest BCUT2D eigenvalue weighted by Crippen LogP contribution is 2.24. The second kappa shape index (κ2) is 16.4. The molecule has 41 heavy (non-hydrogen) atoms. The molecule has 1 heterocycles. The van der Waals surface area contributed by atoms with E-state index in [1.54, 1.807) is 44.6 Å². The summed E-state index contributed by atoms with van der Waals surface area (Å²) in [4.78, 5) is 33.6. The Labute approximate surface area is 243 Å².